The molecule has 104 valence electrons. The molecular formula is C15H16N2O3. The molecule has 5 nitrogen and oxygen atoms in total. The van der Waals surface area contributed by atoms with Crippen LogP contribution in [0, 0.1) is 0 Å². The Morgan fingerprint density at radius 3 is 2.65 bits per heavy atom. The van der Waals surface area contributed by atoms with Crippen LogP contribution in [0.4, 0.5) is 0 Å². The van der Waals surface area contributed by atoms with Gasteiger partial charge in [0, 0.05) is 6.20 Å². The first-order valence-corrected chi connectivity index (χ1v) is 6.21. The quantitative estimate of drug-likeness (QED) is 0.928. The van der Waals surface area contributed by atoms with Gasteiger partial charge in [-0.1, -0.05) is 32.9 Å². The molecule has 0 saturated carbocycles. The largest absolute Gasteiger partial charge is 0.477 e. The Labute approximate surface area is 117 Å². The molecule has 1 aromatic carbocycles. The molecule has 0 radical (unpaired) electrons. The van der Waals surface area contributed by atoms with Gasteiger partial charge in [-0.25, -0.2) is 9.78 Å². The number of carbonyl (C=O) groups is 1. The van der Waals surface area contributed by atoms with E-state index >= 15 is 0 Å². The van der Waals surface area contributed by atoms with Gasteiger partial charge in [-0.05, 0) is 29.2 Å². The second-order valence-electron chi connectivity index (χ2n) is 5.41. The maximum absolute atomic E-state index is 10.8. The predicted octanol–water partition coefficient (Wildman–Crippen LogP) is 3.26. The molecule has 0 fully saturated rings. The van der Waals surface area contributed by atoms with Crippen molar-refractivity contribution in [3.63, 3.8) is 0 Å². The van der Waals surface area contributed by atoms with Crippen LogP contribution < -0.4 is 4.74 Å². The number of carboxylic acid groups (broad SMARTS) is 1. The molecule has 1 N–H and O–H groups in total. The molecular weight excluding hydrogens is 256 g/mol. The standard InChI is InChI=1S/C15H16N2O3/c1-15(2,3)10-5-4-6-11(9-10)20-14-16-8-7-12(17-14)13(18)19/h4-9H,1-3H3,(H,18,19). The van der Waals surface area contributed by atoms with E-state index < -0.39 is 5.97 Å². The Balaban J connectivity index is 2.26. The number of aromatic nitrogens is 2. The van der Waals surface area contributed by atoms with Crippen molar-refractivity contribution in [2.75, 3.05) is 0 Å². The van der Waals surface area contributed by atoms with E-state index in [1.165, 1.54) is 12.3 Å². The van der Waals surface area contributed by atoms with Crippen molar-refractivity contribution in [2.45, 2.75) is 26.2 Å². The third-order valence-electron chi connectivity index (χ3n) is 2.76. The van der Waals surface area contributed by atoms with Crippen LogP contribution in [0.3, 0.4) is 0 Å². The van der Waals surface area contributed by atoms with E-state index in [1.807, 2.05) is 18.2 Å². The van der Waals surface area contributed by atoms with Crippen LogP contribution in [-0.2, 0) is 5.41 Å². The maximum Gasteiger partial charge on any atom is 0.354 e. The van der Waals surface area contributed by atoms with Gasteiger partial charge in [-0.2, -0.15) is 4.98 Å². The van der Waals surface area contributed by atoms with Crippen molar-refractivity contribution >= 4 is 5.97 Å². The minimum Gasteiger partial charge on any atom is -0.477 e. The fourth-order valence-corrected chi connectivity index (χ4v) is 1.64. The summed E-state index contributed by atoms with van der Waals surface area (Å²) in [6.45, 7) is 6.31. The summed E-state index contributed by atoms with van der Waals surface area (Å²) in [6.07, 6.45) is 1.36. The van der Waals surface area contributed by atoms with Gasteiger partial charge in [0.15, 0.2) is 5.69 Å². The number of rotatable bonds is 3. The molecule has 2 rings (SSSR count). The highest BCUT2D eigenvalue weighted by molar-refractivity contribution is 5.85. The van der Waals surface area contributed by atoms with E-state index in [-0.39, 0.29) is 17.1 Å². The topological polar surface area (TPSA) is 72.3 Å². The van der Waals surface area contributed by atoms with E-state index in [9.17, 15) is 4.79 Å². The molecule has 1 heterocycles. The van der Waals surface area contributed by atoms with Crippen molar-refractivity contribution in [3.8, 4) is 11.8 Å². The number of carboxylic acids is 1. The van der Waals surface area contributed by atoms with Gasteiger partial charge in [0.05, 0.1) is 0 Å². The SMILES string of the molecule is CC(C)(C)c1cccc(Oc2nccc(C(=O)O)n2)c1. The first-order chi connectivity index (χ1) is 9.36. The van der Waals surface area contributed by atoms with Crippen LogP contribution in [0.1, 0.15) is 36.8 Å². The molecule has 20 heavy (non-hydrogen) atoms. The Morgan fingerprint density at radius 1 is 1.25 bits per heavy atom. The van der Waals surface area contributed by atoms with Crippen molar-refractivity contribution in [1.29, 1.82) is 0 Å². The van der Waals surface area contributed by atoms with Crippen LogP contribution >= 0.6 is 0 Å². The maximum atomic E-state index is 10.8. The number of benzene rings is 1. The summed E-state index contributed by atoms with van der Waals surface area (Å²) in [7, 11) is 0. The first kappa shape index (κ1) is 14.0. The van der Waals surface area contributed by atoms with E-state index in [0.29, 0.717) is 5.75 Å². The molecule has 2 aromatic rings. The van der Waals surface area contributed by atoms with Gasteiger partial charge in [0.25, 0.3) is 0 Å². The summed E-state index contributed by atoms with van der Waals surface area (Å²) in [4.78, 5) is 18.6. The normalized spacial score (nSPS) is 11.2. The number of hydrogen-bond donors (Lipinski definition) is 1. The highest BCUT2D eigenvalue weighted by Crippen LogP contribution is 2.27. The molecule has 0 saturated heterocycles. The van der Waals surface area contributed by atoms with Crippen molar-refractivity contribution in [3.05, 3.63) is 47.8 Å². The summed E-state index contributed by atoms with van der Waals surface area (Å²) >= 11 is 0. The third kappa shape index (κ3) is 3.32. The summed E-state index contributed by atoms with van der Waals surface area (Å²) in [5, 5.41) is 8.88. The van der Waals surface area contributed by atoms with Crippen LogP contribution in [0.2, 0.25) is 0 Å². The van der Waals surface area contributed by atoms with Gasteiger partial charge in [0.1, 0.15) is 5.75 Å². The summed E-state index contributed by atoms with van der Waals surface area (Å²) in [5.41, 5.74) is 1.02. The molecule has 0 aliphatic carbocycles. The second-order valence-corrected chi connectivity index (χ2v) is 5.41. The lowest BCUT2D eigenvalue weighted by atomic mass is 9.87. The monoisotopic (exact) mass is 272 g/mol. The van der Waals surface area contributed by atoms with Crippen molar-refractivity contribution < 1.29 is 14.6 Å². The fraction of sp³-hybridized carbons (Fsp3) is 0.267. The Hall–Kier alpha value is -2.43. The van der Waals surface area contributed by atoms with E-state index in [1.54, 1.807) is 6.07 Å². The molecule has 0 spiro atoms. The highest BCUT2D eigenvalue weighted by atomic mass is 16.5. The zero-order chi connectivity index (χ0) is 14.8. The van der Waals surface area contributed by atoms with Gasteiger partial charge in [-0.15, -0.1) is 0 Å². The van der Waals surface area contributed by atoms with Crippen molar-refractivity contribution in [2.24, 2.45) is 0 Å². The van der Waals surface area contributed by atoms with E-state index in [2.05, 4.69) is 30.7 Å². The van der Waals surface area contributed by atoms with Gasteiger partial charge < -0.3 is 9.84 Å². The van der Waals surface area contributed by atoms with Crippen LogP contribution in [0.15, 0.2) is 36.5 Å². The number of nitrogens with zero attached hydrogens (tertiary/aromatic N) is 2. The second kappa shape index (κ2) is 5.28. The van der Waals surface area contributed by atoms with Crippen LogP contribution in [-0.4, -0.2) is 21.0 Å². The average Bonchev–Trinajstić information content (AvgIpc) is 2.38. The number of ether oxygens (including phenoxy) is 1. The molecule has 0 aliphatic heterocycles. The Morgan fingerprint density at radius 2 is 2.00 bits per heavy atom. The first-order valence-electron chi connectivity index (χ1n) is 6.21. The van der Waals surface area contributed by atoms with Crippen LogP contribution in [0.25, 0.3) is 0 Å². The van der Waals surface area contributed by atoms with Crippen molar-refractivity contribution in [1.82, 2.24) is 9.97 Å². The molecule has 1 aromatic heterocycles. The predicted molar refractivity (Wildman–Crippen MR) is 74.2 cm³/mol. The number of hydrogen-bond acceptors (Lipinski definition) is 4. The lowest BCUT2D eigenvalue weighted by molar-refractivity contribution is 0.0689. The number of aromatic carboxylic acids is 1. The van der Waals surface area contributed by atoms with E-state index in [4.69, 9.17) is 9.84 Å². The fourth-order valence-electron chi connectivity index (χ4n) is 1.64. The molecule has 0 unspecified atom stereocenters. The lowest BCUT2D eigenvalue weighted by Gasteiger charge is -2.19. The molecule has 0 aliphatic rings. The lowest BCUT2D eigenvalue weighted by Crippen LogP contribution is -2.10. The molecule has 0 amide bonds. The molecule has 0 atom stereocenters. The molecule has 0 bridgehead atoms. The minimum atomic E-state index is -1.11. The van der Waals surface area contributed by atoms with Gasteiger partial charge >= 0.3 is 12.0 Å². The Bertz CT molecular complexity index is 633. The third-order valence-corrected chi connectivity index (χ3v) is 2.76. The minimum absolute atomic E-state index is 0.00311. The summed E-state index contributed by atoms with van der Waals surface area (Å²) < 4.78 is 5.52. The van der Waals surface area contributed by atoms with Gasteiger partial charge in [0.2, 0.25) is 0 Å². The summed E-state index contributed by atoms with van der Waals surface area (Å²) in [5.74, 6) is -0.527. The summed E-state index contributed by atoms with van der Waals surface area (Å²) in [6, 6.07) is 8.93. The van der Waals surface area contributed by atoms with Crippen LogP contribution in [0.5, 0.6) is 11.8 Å². The molecule has 5 heteroatoms. The Kier molecular flexibility index (Phi) is 3.70. The zero-order valence-corrected chi connectivity index (χ0v) is 11.6. The van der Waals surface area contributed by atoms with Gasteiger partial charge in [-0.3, -0.25) is 0 Å². The smallest absolute Gasteiger partial charge is 0.354 e. The average molecular weight is 272 g/mol. The van der Waals surface area contributed by atoms with E-state index in [0.717, 1.165) is 5.56 Å². The zero-order valence-electron chi connectivity index (χ0n) is 11.6. The highest BCUT2D eigenvalue weighted by Gasteiger charge is 2.14.